The molecule has 0 unspecified atom stereocenters. The predicted molar refractivity (Wildman–Crippen MR) is 135 cm³/mol. The van der Waals surface area contributed by atoms with E-state index in [1.165, 1.54) is 24.8 Å². The van der Waals surface area contributed by atoms with E-state index in [0.29, 0.717) is 52.8 Å². The van der Waals surface area contributed by atoms with E-state index in [-0.39, 0.29) is 17.2 Å². The van der Waals surface area contributed by atoms with Crippen molar-refractivity contribution >= 4 is 27.3 Å². The van der Waals surface area contributed by atoms with Gasteiger partial charge in [-0.3, -0.25) is 0 Å². The van der Waals surface area contributed by atoms with E-state index in [0.717, 1.165) is 10.3 Å². The van der Waals surface area contributed by atoms with Gasteiger partial charge in [0.15, 0.2) is 5.82 Å². The number of nitrogens with one attached hydrogen (secondary N) is 2. The minimum atomic E-state index is -3.49. The van der Waals surface area contributed by atoms with Gasteiger partial charge in [0.2, 0.25) is 5.88 Å². The summed E-state index contributed by atoms with van der Waals surface area (Å²) in [6.07, 6.45) is 9.65. The van der Waals surface area contributed by atoms with E-state index in [2.05, 4.69) is 45.4 Å². The Morgan fingerprint density at radius 3 is 2.55 bits per heavy atom. The van der Waals surface area contributed by atoms with Gasteiger partial charge in [-0.05, 0) is 32.8 Å². The molecule has 38 heavy (non-hydrogen) atoms. The Labute approximate surface area is 216 Å². The van der Waals surface area contributed by atoms with Gasteiger partial charge in [-0.15, -0.1) is 0 Å². The molecule has 4 heterocycles. The molecule has 2 N–H and O–H groups in total. The molecule has 4 aromatic rings. The number of ether oxygens (including phenoxy) is 1. The molecular formula is C23H23F2N9O3S. The highest BCUT2D eigenvalue weighted by Gasteiger charge is 2.37. The molecule has 4 aromatic heterocycles. The molecule has 1 saturated carbocycles. The molecule has 0 amide bonds. The summed E-state index contributed by atoms with van der Waals surface area (Å²) in [5, 5.41) is 10.0. The first-order valence-corrected chi connectivity index (χ1v) is 13.1. The van der Waals surface area contributed by atoms with E-state index >= 15 is 0 Å². The van der Waals surface area contributed by atoms with Crippen LogP contribution in [0.25, 0.3) is 22.6 Å². The quantitative estimate of drug-likeness (QED) is 0.301. The summed E-state index contributed by atoms with van der Waals surface area (Å²) in [5.41, 5.74) is 2.15. The van der Waals surface area contributed by atoms with Gasteiger partial charge in [0.1, 0.15) is 11.6 Å². The summed E-state index contributed by atoms with van der Waals surface area (Å²) in [6, 6.07) is 3.46. The molecule has 198 valence electrons. The lowest BCUT2D eigenvalue weighted by atomic mass is 10.1. The third kappa shape index (κ3) is 5.66. The zero-order valence-corrected chi connectivity index (χ0v) is 21.1. The first-order chi connectivity index (χ1) is 18.2. The van der Waals surface area contributed by atoms with Gasteiger partial charge >= 0.3 is 6.61 Å². The molecule has 0 aliphatic heterocycles. The van der Waals surface area contributed by atoms with Crippen molar-refractivity contribution in [1.82, 2.24) is 34.1 Å². The number of hydrogen-bond donors (Lipinski definition) is 2. The van der Waals surface area contributed by atoms with Crippen LogP contribution in [0.5, 0.6) is 5.88 Å². The third-order valence-corrected chi connectivity index (χ3v) is 7.43. The number of nitrogens with zero attached hydrogens (tertiary/aromatic N) is 7. The van der Waals surface area contributed by atoms with Crippen molar-refractivity contribution < 1.29 is 21.9 Å². The van der Waals surface area contributed by atoms with Crippen molar-refractivity contribution in [3.8, 4) is 28.5 Å². The van der Waals surface area contributed by atoms with Gasteiger partial charge in [-0.1, -0.05) is 0 Å². The standard InChI is InChI=1S/C23H23F2N9O3S/c1-13(2)31-17-7-20(28-9-16(17)18-10-29-21(11-27-18)37-23(24)25)32-19-5-6-26-22(33-19)14-8-30-34(12-14)38(35,36)15-3-4-15/h5-13,15,23H,3-4H2,1-2H3,(H2,26,28,31,32,33). The highest BCUT2D eigenvalue weighted by molar-refractivity contribution is 7.90. The number of aromatic nitrogens is 7. The average Bonchev–Trinajstić information content (AvgIpc) is 3.61. The van der Waals surface area contributed by atoms with Crippen LogP contribution in [0.2, 0.25) is 0 Å². The van der Waals surface area contributed by atoms with Crippen LogP contribution in [0.4, 0.5) is 26.1 Å². The van der Waals surface area contributed by atoms with Gasteiger partial charge in [0.25, 0.3) is 10.0 Å². The number of hydrogen-bond acceptors (Lipinski definition) is 11. The van der Waals surface area contributed by atoms with Crippen LogP contribution in [0, 0.1) is 0 Å². The Bertz CT molecular complexity index is 1540. The van der Waals surface area contributed by atoms with E-state index in [1.54, 1.807) is 18.3 Å². The predicted octanol–water partition coefficient (Wildman–Crippen LogP) is 3.70. The van der Waals surface area contributed by atoms with E-state index in [9.17, 15) is 17.2 Å². The second-order valence-corrected chi connectivity index (χ2v) is 10.8. The minimum absolute atomic E-state index is 0.0625. The van der Waals surface area contributed by atoms with Gasteiger partial charge in [-0.2, -0.15) is 18.0 Å². The number of pyridine rings is 1. The minimum Gasteiger partial charge on any atom is -0.415 e. The second-order valence-electron chi connectivity index (χ2n) is 8.77. The average molecular weight is 544 g/mol. The Morgan fingerprint density at radius 1 is 1.05 bits per heavy atom. The lowest BCUT2D eigenvalue weighted by molar-refractivity contribution is -0.0530. The molecular weight excluding hydrogens is 520 g/mol. The van der Waals surface area contributed by atoms with E-state index in [1.807, 2.05) is 13.8 Å². The molecule has 0 saturated heterocycles. The van der Waals surface area contributed by atoms with Gasteiger partial charge < -0.3 is 15.4 Å². The van der Waals surface area contributed by atoms with Crippen LogP contribution in [-0.2, 0) is 10.0 Å². The topological polar surface area (TPSA) is 150 Å². The van der Waals surface area contributed by atoms with Crippen LogP contribution < -0.4 is 15.4 Å². The molecule has 0 aromatic carbocycles. The number of rotatable bonds is 10. The summed E-state index contributed by atoms with van der Waals surface area (Å²) < 4.78 is 54.9. The molecule has 1 aliphatic rings. The zero-order valence-electron chi connectivity index (χ0n) is 20.3. The summed E-state index contributed by atoms with van der Waals surface area (Å²) in [7, 11) is -3.49. The summed E-state index contributed by atoms with van der Waals surface area (Å²) in [5.74, 6) is 0.894. The van der Waals surface area contributed by atoms with Crippen LogP contribution >= 0.6 is 0 Å². The second kappa shape index (κ2) is 10.2. The van der Waals surface area contributed by atoms with Crippen LogP contribution in [0.1, 0.15) is 26.7 Å². The van der Waals surface area contributed by atoms with E-state index < -0.39 is 16.6 Å². The zero-order chi connectivity index (χ0) is 26.9. The maximum Gasteiger partial charge on any atom is 0.388 e. The van der Waals surface area contributed by atoms with Crippen molar-refractivity contribution in [1.29, 1.82) is 0 Å². The van der Waals surface area contributed by atoms with Crippen LogP contribution in [-0.4, -0.2) is 60.4 Å². The molecule has 12 nitrogen and oxygen atoms in total. The SMILES string of the molecule is CC(C)Nc1cc(Nc2ccnc(-c3cnn(S(=O)(=O)C4CC4)c3)n2)ncc1-c1cnc(OC(F)F)cn1. The molecule has 0 spiro atoms. The maximum atomic E-state index is 12.4. The first kappa shape index (κ1) is 25.4. The summed E-state index contributed by atoms with van der Waals surface area (Å²) >= 11 is 0. The fourth-order valence-corrected chi connectivity index (χ4v) is 5.02. The van der Waals surface area contributed by atoms with E-state index in [4.69, 9.17) is 0 Å². The van der Waals surface area contributed by atoms with Crippen LogP contribution in [0.3, 0.4) is 0 Å². The molecule has 1 fully saturated rings. The molecule has 1 aliphatic carbocycles. The third-order valence-electron chi connectivity index (χ3n) is 5.40. The van der Waals surface area contributed by atoms with Gasteiger partial charge in [-0.25, -0.2) is 33.3 Å². The highest BCUT2D eigenvalue weighted by atomic mass is 32.2. The first-order valence-electron chi connectivity index (χ1n) is 11.6. The smallest absolute Gasteiger partial charge is 0.388 e. The lowest BCUT2D eigenvalue weighted by Crippen LogP contribution is -2.17. The normalized spacial score (nSPS) is 13.6. The monoisotopic (exact) mass is 543 g/mol. The summed E-state index contributed by atoms with van der Waals surface area (Å²) in [6.45, 7) is 0.931. The Balaban J connectivity index is 1.38. The Kier molecular flexibility index (Phi) is 6.84. The van der Waals surface area contributed by atoms with Crippen molar-refractivity contribution in [3.05, 3.63) is 49.3 Å². The summed E-state index contributed by atoms with van der Waals surface area (Å²) in [4.78, 5) is 21.2. The highest BCUT2D eigenvalue weighted by Crippen LogP contribution is 2.31. The molecule has 0 bridgehead atoms. The number of alkyl halides is 2. The number of anilines is 3. The Morgan fingerprint density at radius 2 is 1.87 bits per heavy atom. The van der Waals surface area contributed by atoms with Crippen molar-refractivity contribution in [3.63, 3.8) is 0 Å². The molecule has 0 atom stereocenters. The fourth-order valence-electron chi connectivity index (χ4n) is 3.54. The van der Waals surface area contributed by atoms with Gasteiger partial charge in [0, 0.05) is 35.8 Å². The molecule has 0 radical (unpaired) electrons. The molecule has 5 rings (SSSR count). The Hall–Kier alpha value is -4.27. The maximum absolute atomic E-state index is 12.4. The lowest BCUT2D eigenvalue weighted by Gasteiger charge is -2.16. The van der Waals surface area contributed by atoms with Crippen molar-refractivity contribution in [2.45, 2.75) is 44.6 Å². The largest absolute Gasteiger partial charge is 0.415 e. The van der Waals surface area contributed by atoms with Gasteiger partial charge in [0.05, 0.1) is 41.3 Å². The van der Waals surface area contributed by atoms with Crippen LogP contribution in [0.15, 0.2) is 49.3 Å². The molecule has 15 heteroatoms. The number of halogens is 2. The van der Waals surface area contributed by atoms with Crippen molar-refractivity contribution in [2.24, 2.45) is 0 Å². The van der Waals surface area contributed by atoms with Crippen molar-refractivity contribution in [2.75, 3.05) is 10.6 Å². The fraction of sp³-hybridized carbons (Fsp3) is 0.304.